The number of imidazole rings is 1. The molecule has 7 heteroatoms. The van der Waals surface area contributed by atoms with E-state index in [1.807, 2.05) is 24.3 Å². The summed E-state index contributed by atoms with van der Waals surface area (Å²) >= 11 is 12.2. The Balaban J connectivity index is 1.94. The summed E-state index contributed by atoms with van der Waals surface area (Å²) in [4.78, 5) is 19.5. The van der Waals surface area contributed by atoms with Gasteiger partial charge in [-0.1, -0.05) is 72.9 Å². The van der Waals surface area contributed by atoms with Crippen LogP contribution >= 0.6 is 23.2 Å². The maximum atomic E-state index is 11.7. The third kappa shape index (κ3) is 4.61. The van der Waals surface area contributed by atoms with Crippen molar-refractivity contribution < 1.29 is 9.90 Å². The number of halogens is 2. The Bertz CT molecular complexity index is 1080. The second-order valence-corrected chi connectivity index (χ2v) is 7.43. The largest absolute Gasteiger partial charge is 0.476 e. The number of carboxylic acid groups (broad SMARTS) is 1. The molecule has 0 unspecified atom stereocenters. The van der Waals surface area contributed by atoms with Gasteiger partial charge in [0.25, 0.3) is 0 Å². The van der Waals surface area contributed by atoms with E-state index >= 15 is 0 Å². The average Bonchev–Trinajstić information content (AvgIpc) is 3.02. The van der Waals surface area contributed by atoms with Gasteiger partial charge in [0.2, 0.25) is 0 Å². The molecule has 2 aromatic carbocycles. The topological polar surface area (TPSA) is 59.5 Å². The predicted octanol–water partition coefficient (Wildman–Crippen LogP) is 6.50. The van der Waals surface area contributed by atoms with Crippen molar-refractivity contribution in [3.63, 3.8) is 0 Å². The van der Waals surface area contributed by atoms with Crippen LogP contribution in [0.2, 0.25) is 10.2 Å². The first-order valence-corrected chi connectivity index (χ1v) is 9.94. The molecule has 0 spiro atoms. The number of nitrogens with zero attached hydrogens (tertiary/aromatic N) is 3. The van der Waals surface area contributed by atoms with Gasteiger partial charge in [-0.2, -0.15) is 0 Å². The molecule has 3 rings (SSSR count). The number of aryl methyl sites for hydroxylation is 1. The van der Waals surface area contributed by atoms with Gasteiger partial charge in [0.1, 0.15) is 5.82 Å². The minimum Gasteiger partial charge on any atom is -0.476 e. The average molecular weight is 428 g/mol. The lowest BCUT2D eigenvalue weighted by atomic mass is 10.0. The molecule has 1 N–H and O–H groups in total. The molecule has 0 aliphatic rings. The van der Waals surface area contributed by atoms with Gasteiger partial charge in [0.15, 0.2) is 16.5 Å². The number of hydrogen-bond donors (Lipinski definition) is 1. The molecule has 29 heavy (non-hydrogen) atoms. The molecule has 0 radical (unpaired) electrons. The standard InChI is InChI=1S/C22H19Cl2N3O2/c1-3-4-5-19-26-21(24)20(22(28)29)27(19)13-14-6-8-15(9-7-14)17-12-16(23)10-11-18(17)25-2/h6-12H,3-5,13H2,1H3,(H,28,29). The second kappa shape index (κ2) is 9.13. The fourth-order valence-electron chi connectivity index (χ4n) is 3.18. The number of aromatic nitrogens is 2. The van der Waals surface area contributed by atoms with Gasteiger partial charge in [0.05, 0.1) is 6.57 Å². The molecular formula is C22H19Cl2N3O2. The summed E-state index contributed by atoms with van der Waals surface area (Å²) in [5.41, 5.74) is 3.08. The lowest BCUT2D eigenvalue weighted by molar-refractivity contribution is 0.0685. The molecule has 0 bridgehead atoms. The van der Waals surface area contributed by atoms with E-state index in [0.717, 1.165) is 29.5 Å². The minimum atomic E-state index is -1.09. The zero-order valence-corrected chi connectivity index (χ0v) is 17.3. The second-order valence-electron chi connectivity index (χ2n) is 6.63. The Morgan fingerprint density at radius 3 is 2.55 bits per heavy atom. The summed E-state index contributed by atoms with van der Waals surface area (Å²) in [5, 5.41) is 10.1. The Kier molecular flexibility index (Phi) is 6.58. The van der Waals surface area contributed by atoms with Gasteiger partial charge in [-0.15, -0.1) is 0 Å². The van der Waals surface area contributed by atoms with Crippen molar-refractivity contribution in [3.05, 3.63) is 81.1 Å². The highest BCUT2D eigenvalue weighted by Gasteiger charge is 2.21. The molecule has 1 heterocycles. The van der Waals surface area contributed by atoms with Crippen LogP contribution in [0, 0.1) is 6.57 Å². The van der Waals surface area contributed by atoms with E-state index in [4.69, 9.17) is 29.8 Å². The first-order chi connectivity index (χ1) is 13.9. The van der Waals surface area contributed by atoms with Crippen molar-refractivity contribution in [2.45, 2.75) is 32.7 Å². The first kappa shape index (κ1) is 20.9. The number of hydrogen-bond acceptors (Lipinski definition) is 2. The molecule has 0 aliphatic carbocycles. The lowest BCUT2D eigenvalue weighted by Gasteiger charge is -2.11. The van der Waals surface area contributed by atoms with Crippen LogP contribution in [0.5, 0.6) is 0 Å². The van der Waals surface area contributed by atoms with Gasteiger partial charge >= 0.3 is 5.97 Å². The lowest BCUT2D eigenvalue weighted by Crippen LogP contribution is -2.13. The molecule has 0 fully saturated rings. The molecule has 0 aliphatic heterocycles. The maximum Gasteiger partial charge on any atom is 0.355 e. The molecule has 148 valence electrons. The van der Waals surface area contributed by atoms with Crippen LogP contribution < -0.4 is 0 Å². The summed E-state index contributed by atoms with van der Waals surface area (Å²) in [6.45, 7) is 9.77. The zero-order valence-electron chi connectivity index (χ0n) is 15.8. The molecule has 5 nitrogen and oxygen atoms in total. The van der Waals surface area contributed by atoms with Crippen LogP contribution in [0.15, 0.2) is 42.5 Å². The van der Waals surface area contributed by atoms with Gasteiger partial charge < -0.3 is 9.67 Å². The SMILES string of the molecule is [C-]#[N+]c1ccc(Cl)cc1-c1ccc(Cn2c(CCCC)nc(Cl)c2C(=O)O)cc1. The fraction of sp³-hybridized carbons (Fsp3) is 0.227. The van der Waals surface area contributed by atoms with Crippen LogP contribution in [-0.2, 0) is 13.0 Å². The summed E-state index contributed by atoms with van der Waals surface area (Å²) in [6.07, 6.45) is 2.54. The van der Waals surface area contributed by atoms with E-state index in [1.54, 1.807) is 22.8 Å². The van der Waals surface area contributed by atoms with Crippen LogP contribution in [0.3, 0.4) is 0 Å². The quantitative estimate of drug-likeness (QED) is 0.437. The van der Waals surface area contributed by atoms with E-state index in [2.05, 4.69) is 16.8 Å². The monoisotopic (exact) mass is 427 g/mol. The number of aromatic carboxylic acids is 1. The molecule has 0 atom stereocenters. The highest BCUT2D eigenvalue weighted by atomic mass is 35.5. The molecule has 0 saturated heterocycles. The number of benzene rings is 2. The maximum absolute atomic E-state index is 11.7. The van der Waals surface area contributed by atoms with E-state index in [0.29, 0.717) is 29.5 Å². The van der Waals surface area contributed by atoms with Crippen molar-refractivity contribution in [1.29, 1.82) is 0 Å². The van der Waals surface area contributed by atoms with Crippen molar-refractivity contribution >= 4 is 34.9 Å². The normalized spacial score (nSPS) is 10.7. The summed E-state index contributed by atoms with van der Waals surface area (Å²) in [5.74, 6) is -0.425. The van der Waals surface area contributed by atoms with Crippen molar-refractivity contribution in [2.75, 3.05) is 0 Å². The van der Waals surface area contributed by atoms with Crippen LogP contribution in [0.1, 0.15) is 41.6 Å². The van der Waals surface area contributed by atoms with Crippen molar-refractivity contribution in [3.8, 4) is 11.1 Å². The number of unbranched alkanes of at least 4 members (excludes halogenated alkanes) is 1. The Morgan fingerprint density at radius 2 is 1.93 bits per heavy atom. The predicted molar refractivity (Wildman–Crippen MR) is 115 cm³/mol. The summed E-state index contributed by atoms with van der Waals surface area (Å²) < 4.78 is 1.67. The van der Waals surface area contributed by atoms with E-state index in [-0.39, 0.29) is 10.8 Å². The molecule has 1 aromatic heterocycles. The fourth-order valence-corrected chi connectivity index (χ4v) is 3.63. The highest BCUT2D eigenvalue weighted by molar-refractivity contribution is 6.32. The third-order valence-corrected chi connectivity index (χ3v) is 5.14. The Labute approximate surface area is 179 Å². The molecular weight excluding hydrogens is 409 g/mol. The van der Waals surface area contributed by atoms with Gasteiger partial charge in [0, 0.05) is 18.0 Å². The van der Waals surface area contributed by atoms with E-state index < -0.39 is 5.97 Å². The van der Waals surface area contributed by atoms with Crippen molar-refractivity contribution in [1.82, 2.24) is 9.55 Å². The van der Waals surface area contributed by atoms with Crippen molar-refractivity contribution in [2.24, 2.45) is 0 Å². The summed E-state index contributed by atoms with van der Waals surface area (Å²) in [7, 11) is 0. The van der Waals surface area contributed by atoms with Crippen LogP contribution in [0.25, 0.3) is 16.0 Å². The minimum absolute atomic E-state index is 0.00646. The van der Waals surface area contributed by atoms with Gasteiger partial charge in [-0.05, 0) is 29.2 Å². The van der Waals surface area contributed by atoms with Crippen LogP contribution in [-0.4, -0.2) is 20.6 Å². The number of carbonyl (C=O) groups is 1. The molecule has 3 aromatic rings. The smallest absolute Gasteiger partial charge is 0.355 e. The van der Waals surface area contributed by atoms with Crippen LogP contribution in [0.4, 0.5) is 5.69 Å². The van der Waals surface area contributed by atoms with E-state index in [1.165, 1.54) is 0 Å². The summed E-state index contributed by atoms with van der Waals surface area (Å²) in [6, 6.07) is 12.8. The number of rotatable bonds is 7. The highest BCUT2D eigenvalue weighted by Crippen LogP contribution is 2.33. The first-order valence-electron chi connectivity index (χ1n) is 9.19. The van der Waals surface area contributed by atoms with E-state index in [9.17, 15) is 9.90 Å². The zero-order chi connectivity index (χ0) is 21.0. The Hall–Kier alpha value is -2.81. The molecule has 0 amide bonds. The van der Waals surface area contributed by atoms with Gasteiger partial charge in [-0.3, -0.25) is 0 Å². The number of carboxylic acids is 1. The third-order valence-electron chi connectivity index (χ3n) is 4.65. The van der Waals surface area contributed by atoms with Gasteiger partial charge in [-0.25, -0.2) is 14.6 Å². The Morgan fingerprint density at radius 1 is 1.21 bits per heavy atom. The molecule has 0 saturated carbocycles.